The van der Waals surface area contributed by atoms with Crippen LogP contribution in [0.3, 0.4) is 0 Å². The topological polar surface area (TPSA) is 41.3 Å². The number of hydrogen-bond donors (Lipinski definition) is 1. The highest BCUT2D eigenvalue weighted by Gasteiger charge is 2.04. The lowest BCUT2D eigenvalue weighted by Gasteiger charge is -2.17. The lowest BCUT2D eigenvalue weighted by molar-refractivity contribution is 0.315. The fourth-order valence-corrected chi connectivity index (χ4v) is 1.81. The summed E-state index contributed by atoms with van der Waals surface area (Å²) in [6.07, 6.45) is 0. The van der Waals surface area contributed by atoms with Gasteiger partial charge in [-0.3, -0.25) is 0 Å². The maximum Gasteiger partial charge on any atom is 0.295 e. The average molecular weight is 233 g/mol. The molecule has 0 bridgehead atoms. The normalized spacial score (nSPS) is 11.2. The number of anilines is 1. The van der Waals surface area contributed by atoms with Crippen molar-refractivity contribution in [2.24, 2.45) is 0 Å². The molecule has 0 fully saturated rings. The maximum absolute atomic E-state index is 5.58. The van der Waals surface area contributed by atoms with Crippen LogP contribution < -0.4 is 5.32 Å². The Balaban J connectivity index is 1.90. The van der Waals surface area contributed by atoms with Gasteiger partial charge in [-0.2, -0.15) is 4.98 Å². The number of fused-ring (bicyclic) bond motifs is 1. The highest BCUT2D eigenvalue weighted by molar-refractivity contribution is 5.74. The zero-order chi connectivity index (χ0) is 12.1. The number of nitrogens with zero attached hydrogens (tertiary/aromatic N) is 2. The molecule has 0 saturated carbocycles. The van der Waals surface area contributed by atoms with E-state index in [9.17, 15) is 0 Å². The van der Waals surface area contributed by atoms with Crippen LogP contribution >= 0.6 is 0 Å². The Morgan fingerprint density at radius 2 is 2.00 bits per heavy atom. The third kappa shape index (κ3) is 2.97. The van der Waals surface area contributed by atoms with Crippen LogP contribution in [0, 0.1) is 0 Å². The zero-order valence-corrected chi connectivity index (χ0v) is 10.4. The molecule has 92 valence electrons. The first-order chi connectivity index (χ1) is 8.33. The standard InChI is InChI=1S/C13H19N3O/c1-3-16(4-2)10-9-14-13-15-11-7-5-6-8-12(11)17-13/h5-8H,3-4,9-10H2,1-2H3,(H,14,15). The van der Waals surface area contributed by atoms with Crippen LogP contribution in [0.15, 0.2) is 28.7 Å². The van der Waals surface area contributed by atoms with E-state index >= 15 is 0 Å². The van der Waals surface area contributed by atoms with Gasteiger partial charge < -0.3 is 14.6 Å². The van der Waals surface area contributed by atoms with E-state index in [-0.39, 0.29) is 0 Å². The molecule has 0 aliphatic heterocycles. The van der Waals surface area contributed by atoms with Crippen molar-refractivity contribution in [3.63, 3.8) is 0 Å². The third-order valence-electron chi connectivity index (χ3n) is 2.89. The van der Waals surface area contributed by atoms with Gasteiger partial charge in [0.05, 0.1) is 0 Å². The van der Waals surface area contributed by atoms with Gasteiger partial charge in [0.1, 0.15) is 5.52 Å². The van der Waals surface area contributed by atoms with Crippen LogP contribution in [0.4, 0.5) is 6.01 Å². The molecule has 2 aromatic rings. The van der Waals surface area contributed by atoms with Gasteiger partial charge in [-0.05, 0) is 25.2 Å². The van der Waals surface area contributed by atoms with Gasteiger partial charge in [-0.25, -0.2) is 0 Å². The quantitative estimate of drug-likeness (QED) is 0.832. The second kappa shape index (κ2) is 5.68. The third-order valence-corrected chi connectivity index (χ3v) is 2.89. The molecule has 0 spiro atoms. The molecule has 0 aliphatic rings. The largest absolute Gasteiger partial charge is 0.424 e. The van der Waals surface area contributed by atoms with Crippen molar-refractivity contribution < 1.29 is 4.42 Å². The fourth-order valence-electron chi connectivity index (χ4n) is 1.81. The van der Waals surface area contributed by atoms with Crippen LogP contribution in [-0.2, 0) is 0 Å². The van der Waals surface area contributed by atoms with Gasteiger partial charge in [-0.1, -0.05) is 26.0 Å². The Morgan fingerprint density at radius 1 is 1.24 bits per heavy atom. The summed E-state index contributed by atoms with van der Waals surface area (Å²) in [5, 5.41) is 3.21. The summed E-state index contributed by atoms with van der Waals surface area (Å²) in [6, 6.07) is 8.41. The Morgan fingerprint density at radius 3 is 2.71 bits per heavy atom. The number of hydrogen-bond acceptors (Lipinski definition) is 4. The number of oxazole rings is 1. The molecule has 0 atom stereocenters. The molecular weight excluding hydrogens is 214 g/mol. The molecule has 0 aliphatic carbocycles. The molecule has 4 heteroatoms. The van der Waals surface area contributed by atoms with Crippen molar-refractivity contribution in [3.05, 3.63) is 24.3 Å². The highest BCUT2D eigenvalue weighted by atomic mass is 16.4. The lowest BCUT2D eigenvalue weighted by Crippen LogP contribution is -2.28. The van der Waals surface area contributed by atoms with Crippen LogP contribution in [0.25, 0.3) is 11.1 Å². The molecule has 1 aromatic carbocycles. The predicted molar refractivity (Wildman–Crippen MR) is 70.3 cm³/mol. The minimum Gasteiger partial charge on any atom is -0.424 e. The summed E-state index contributed by atoms with van der Waals surface area (Å²) in [6.45, 7) is 8.35. The van der Waals surface area contributed by atoms with E-state index in [0.29, 0.717) is 6.01 Å². The van der Waals surface area contributed by atoms with Crippen LogP contribution in [0.5, 0.6) is 0 Å². The number of nitrogens with one attached hydrogen (secondary N) is 1. The van der Waals surface area contributed by atoms with Crippen molar-refractivity contribution >= 4 is 17.1 Å². The molecular formula is C13H19N3O. The van der Waals surface area contributed by atoms with E-state index in [4.69, 9.17) is 4.42 Å². The summed E-state index contributed by atoms with van der Waals surface area (Å²) in [5.41, 5.74) is 1.73. The zero-order valence-electron chi connectivity index (χ0n) is 10.4. The van der Waals surface area contributed by atoms with Crippen molar-refractivity contribution in [1.29, 1.82) is 0 Å². The van der Waals surface area contributed by atoms with Crippen LogP contribution in [-0.4, -0.2) is 36.1 Å². The molecule has 1 aromatic heterocycles. The summed E-state index contributed by atoms with van der Waals surface area (Å²) < 4.78 is 5.58. The van der Waals surface area contributed by atoms with E-state index in [1.54, 1.807) is 0 Å². The average Bonchev–Trinajstić information content (AvgIpc) is 2.77. The van der Waals surface area contributed by atoms with E-state index < -0.39 is 0 Å². The van der Waals surface area contributed by atoms with Gasteiger partial charge in [0.15, 0.2) is 5.58 Å². The smallest absolute Gasteiger partial charge is 0.295 e. The Labute approximate surface area is 102 Å². The minimum absolute atomic E-state index is 0.610. The summed E-state index contributed by atoms with van der Waals surface area (Å²) >= 11 is 0. The SMILES string of the molecule is CCN(CC)CCNc1nc2ccccc2o1. The van der Waals surface area contributed by atoms with Crippen molar-refractivity contribution in [2.45, 2.75) is 13.8 Å². The highest BCUT2D eigenvalue weighted by Crippen LogP contribution is 2.17. The van der Waals surface area contributed by atoms with Crippen LogP contribution in [0.2, 0.25) is 0 Å². The molecule has 1 N–H and O–H groups in total. The first-order valence-corrected chi connectivity index (χ1v) is 6.15. The lowest BCUT2D eigenvalue weighted by atomic mass is 10.3. The Bertz CT molecular complexity index is 429. The second-order valence-corrected chi connectivity index (χ2v) is 3.94. The monoisotopic (exact) mass is 233 g/mol. The number of para-hydroxylation sites is 2. The first kappa shape index (κ1) is 11.9. The molecule has 0 radical (unpaired) electrons. The molecule has 1 heterocycles. The van der Waals surface area contributed by atoms with Gasteiger partial charge >= 0.3 is 0 Å². The molecule has 2 rings (SSSR count). The number of aromatic nitrogens is 1. The van der Waals surface area contributed by atoms with E-state index in [2.05, 4.69) is 29.0 Å². The minimum atomic E-state index is 0.610. The maximum atomic E-state index is 5.58. The van der Waals surface area contributed by atoms with E-state index in [1.165, 1.54) is 0 Å². The summed E-state index contributed by atoms with van der Waals surface area (Å²) in [5.74, 6) is 0. The number of benzene rings is 1. The van der Waals surface area contributed by atoms with E-state index in [0.717, 1.165) is 37.3 Å². The first-order valence-electron chi connectivity index (χ1n) is 6.15. The number of likely N-dealkylation sites (N-methyl/N-ethyl adjacent to an activating group) is 1. The van der Waals surface area contributed by atoms with Crippen LogP contribution in [0.1, 0.15) is 13.8 Å². The van der Waals surface area contributed by atoms with Gasteiger partial charge in [0.2, 0.25) is 0 Å². The summed E-state index contributed by atoms with van der Waals surface area (Å²) in [4.78, 5) is 6.72. The summed E-state index contributed by atoms with van der Waals surface area (Å²) in [7, 11) is 0. The molecule has 4 nitrogen and oxygen atoms in total. The predicted octanol–water partition coefficient (Wildman–Crippen LogP) is 2.58. The van der Waals surface area contributed by atoms with Crippen molar-refractivity contribution in [2.75, 3.05) is 31.5 Å². The van der Waals surface area contributed by atoms with E-state index in [1.807, 2.05) is 24.3 Å². The van der Waals surface area contributed by atoms with Gasteiger partial charge in [0, 0.05) is 13.1 Å². The van der Waals surface area contributed by atoms with Gasteiger partial charge in [-0.15, -0.1) is 0 Å². The fraction of sp³-hybridized carbons (Fsp3) is 0.462. The Kier molecular flexibility index (Phi) is 3.98. The van der Waals surface area contributed by atoms with Gasteiger partial charge in [0.25, 0.3) is 6.01 Å². The van der Waals surface area contributed by atoms with Crippen molar-refractivity contribution in [3.8, 4) is 0 Å². The molecule has 0 saturated heterocycles. The van der Waals surface area contributed by atoms with Crippen molar-refractivity contribution in [1.82, 2.24) is 9.88 Å². The molecule has 0 amide bonds. The second-order valence-electron chi connectivity index (χ2n) is 3.94. The number of rotatable bonds is 6. The Hall–Kier alpha value is -1.55. The molecule has 17 heavy (non-hydrogen) atoms. The molecule has 0 unspecified atom stereocenters.